The average Bonchev–Trinajstić information content (AvgIpc) is 2.86. The average molecular weight is 286 g/mol. The Morgan fingerprint density at radius 3 is 2.42 bits per heavy atom. The van der Waals surface area contributed by atoms with Crippen LogP contribution >= 0.6 is 0 Å². The van der Waals surface area contributed by atoms with Crippen molar-refractivity contribution in [3.05, 3.63) is 29.1 Å². The van der Waals surface area contributed by atoms with Crippen LogP contribution in [0.15, 0.2) is 17.0 Å². The molecule has 1 N–H and O–H groups in total. The zero-order chi connectivity index (χ0) is 14.2. The van der Waals surface area contributed by atoms with Crippen LogP contribution in [0, 0.1) is 12.7 Å². The molecule has 0 unspecified atom stereocenters. The lowest BCUT2D eigenvalue weighted by atomic mass is 10.1. The molecule has 0 spiro atoms. The van der Waals surface area contributed by atoms with E-state index in [0.29, 0.717) is 12.8 Å². The molecule has 2 rings (SSSR count). The molecule has 1 aromatic rings. The highest BCUT2D eigenvalue weighted by Gasteiger charge is 2.32. The molecule has 0 amide bonds. The highest BCUT2D eigenvalue weighted by atomic mass is 32.2. The van der Waals surface area contributed by atoms with E-state index >= 15 is 0 Å². The van der Waals surface area contributed by atoms with E-state index in [1.165, 1.54) is 6.92 Å². The number of aromatic carboxylic acids is 1. The second-order valence-electron chi connectivity index (χ2n) is 4.84. The Morgan fingerprint density at radius 2 is 1.89 bits per heavy atom. The van der Waals surface area contributed by atoms with Crippen molar-refractivity contribution in [2.75, 3.05) is 0 Å². The molecular formula is C13H15FO4S. The van der Waals surface area contributed by atoms with Crippen molar-refractivity contribution >= 4 is 15.8 Å². The first-order valence-corrected chi connectivity index (χ1v) is 7.66. The number of rotatable bonds is 3. The Kier molecular flexibility index (Phi) is 3.62. The highest BCUT2D eigenvalue weighted by Crippen LogP contribution is 2.32. The minimum atomic E-state index is -3.65. The minimum Gasteiger partial charge on any atom is -0.478 e. The number of hydrogen-bond donors (Lipinski definition) is 1. The van der Waals surface area contributed by atoms with Crippen molar-refractivity contribution in [1.29, 1.82) is 0 Å². The van der Waals surface area contributed by atoms with Gasteiger partial charge in [-0.1, -0.05) is 12.8 Å². The van der Waals surface area contributed by atoms with Crippen LogP contribution in [0.4, 0.5) is 4.39 Å². The van der Waals surface area contributed by atoms with Gasteiger partial charge in [-0.3, -0.25) is 0 Å². The fourth-order valence-corrected chi connectivity index (χ4v) is 4.58. The van der Waals surface area contributed by atoms with E-state index in [9.17, 15) is 17.6 Å². The summed E-state index contributed by atoms with van der Waals surface area (Å²) < 4.78 is 38.5. The van der Waals surface area contributed by atoms with Crippen molar-refractivity contribution in [2.45, 2.75) is 42.8 Å². The van der Waals surface area contributed by atoms with Crippen molar-refractivity contribution in [1.82, 2.24) is 0 Å². The summed E-state index contributed by atoms with van der Waals surface area (Å²) >= 11 is 0. The standard InChI is InChI=1S/C13H15FO4S/c1-8-11(14)6-9(13(15)16)7-12(8)19(17,18)10-4-2-3-5-10/h6-7,10H,2-5H2,1H3,(H,15,16). The molecule has 0 aliphatic heterocycles. The highest BCUT2D eigenvalue weighted by molar-refractivity contribution is 7.92. The van der Waals surface area contributed by atoms with E-state index in [4.69, 9.17) is 5.11 Å². The number of carboxylic acids is 1. The molecule has 1 aromatic carbocycles. The third-order valence-corrected chi connectivity index (χ3v) is 5.98. The van der Waals surface area contributed by atoms with Gasteiger partial charge in [-0.2, -0.15) is 0 Å². The molecule has 0 aromatic heterocycles. The van der Waals surface area contributed by atoms with Gasteiger partial charge in [-0.15, -0.1) is 0 Å². The van der Waals surface area contributed by atoms with Gasteiger partial charge in [-0.05, 0) is 31.9 Å². The number of benzene rings is 1. The van der Waals surface area contributed by atoms with Crippen LogP contribution in [0.5, 0.6) is 0 Å². The third-order valence-electron chi connectivity index (χ3n) is 3.59. The van der Waals surface area contributed by atoms with Crippen molar-refractivity contribution in [3.8, 4) is 0 Å². The third kappa shape index (κ3) is 2.49. The molecule has 6 heteroatoms. The molecule has 0 bridgehead atoms. The van der Waals surface area contributed by atoms with Gasteiger partial charge in [0.25, 0.3) is 0 Å². The monoisotopic (exact) mass is 286 g/mol. The van der Waals surface area contributed by atoms with Crippen molar-refractivity contribution in [3.63, 3.8) is 0 Å². The fraction of sp³-hybridized carbons (Fsp3) is 0.462. The molecule has 4 nitrogen and oxygen atoms in total. The van der Waals surface area contributed by atoms with Gasteiger partial charge >= 0.3 is 5.97 Å². The maximum atomic E-state index is 13.7. The van der Waals surface area contributed by atoms with Crippen LogP contribution in [-0.2, 0) is 9.84 Å². The lowest BCUT2D eigenvalue weighted by molar-refractivity contribution is 0.0696. The van der Waals surface area contributed by atoms with E-state index in [1.54, 1.807) is 0 Å². The van der Waals surface area contributed by atoms with E-state index < -0.39 is 26.9 Å². The lowest BCUT2D eigenvalue weighted by Gasteiger charge is -2.14. The van der Waals surface area contributed by atoms with Crippen molar-refractivity contribution in [2.24, 2.45) is 0 Å². The summed E-state index contributed by atoms with van der Waals surface area (Å²) in [6, 6.07) is 1.92. The normalized spacial score (nSPS) is 16.7. The molecule has 1 saturated carbocycles. The molecule has 19 heavy (non-hydrogen) atoms. The first-order valence-electron chi connectivity index (χ1n) is 6.11. The molecule has 0 heterocycles. The molecule has 1 aliphatic rings. The summed E-state index contributed by atoms with van der Waals surface area (Å²) in [6.07, 6.45) is 2.79. The van der Waals surface area contributed by atoms with Gasteiger partial charge in [0.2, 0.25) is 0 Å². The van der Waals surface area contributed by atoms with Gasteiger partial charge in [-0.25, -0.2) is 17.6 Å². The molecule has 0 atom stereocenters. The maximum absolute atomic E-state index is 13.7. The minimum absolute atomic E-state index is 0.00287. The zero-order valence-corrected chi connectivity index (χ0v) is 11.3. The first kappa shape index (κ1) is 14.0. The molecule has 1 fully saturated rings. The van der Waals surface area contributed by atoms with Crippen LogP contribution in [0.3, 0.4) is 0 Å². The predicted octanol–water partition coefficient (Wildman–Crippen LogP) is 2.55. The van der Waals surface area contributed by atoms with Crippen LogP contribution in [0.1, 0.15) is 41.6 Å². The Bertz CT molecular complexity index is 616. The number of hydrogen-bond acceptors (Lipinski definition) is 3. The number of carboxylic acid groups (broad SMARTS) is 1. The Hall–Kier alpha value is -1.43. The summed E-state index contributed by atoms with van der Waals surface area (Å²) in [7, 11) is -3.65. The topological polar surface area (TPSA) is 71.4 Å². The Labute approximate surface area is 111 Å². The lowest BCUT2D eigenvalue weighted by Crippen LogP contribution is -2.20. The van der Waals surface area contributed by atoms with E-state index in [2.05, 4.69) is 0 Å². The number of carbonyl (C=O) groups is 1. The summed E-state index contributed by atoms with van der Waals surface area (Å²) in [4.78, 5) is 10.7. The van der Waals surface area contributed by atoms with Gasteiger partial charge in [0, 0.05) is 5.56 Å². The maximum Gasteiger partial charge on any atom is 0.335 e. The molecule has 0 saturated heterocycles. The zero-order valence-electron chi connectivity index (χ0n) is 10.5. The molecule has 1 aliphatic carbocycles. The van der Waals surface area contributed by atoms with E-state index in [-0.39, 0.29) is 16.0 Å². The second kappa shape index (κ2) is 4.92. The quantitative estimate of drug-likeness (QED) is 0.927. The Morgan fingerprint density at radius 1 is 1.32 bits per heavy atom. The predicted molar refractivity (Wildman–Crippen MR) is 67.5 cm³/mol. The van der Waals surface area contributed by atoms with Gasteiger partial charge in [0.05, 0.1) is 15.7 Å². The summed E-state index contributed by atoms with van der Waals surface area (Å²) in [6.45, 7) is 1.36. The van der Waals surface area contributed by atoms with Crippen LogP contribution < -0.4 is 0 Å². The van der Waals surface area contributed by atoms with Crippen molar-refractivity contribution < 1.29 is 22.7 Å². The Balaban J connectivity index is 2.57. The van der Waals surface area contributed by atoms with E-state index in [0.717, 1.165) is 25.0 Å². The van der Waals surface area contributed by atoms with Crippen LogP contribution in [0.25, 0.3) is 0 Å². The van der Waals surface area contributed by atoms with Gasteiger partial charge in [0.1, 0.15) is 5.82 Å². The summed E-state index contributed by atoms with van der Waals surface area (Å²) in [5.41, 5.74) is -0.337. The van der Waals surface area contributed by atoms with Crippen LogP contribution in [0.2, 0.25) is 0 Å². The van der Waals surface area contributed by atoms with Crippen LogP contribution in [-0.4, -0.2) is 24.7 Å². The second-order valence-corrected chi connectivity index (χ2v) is 7.03. The smallest absolute Gasteiger partial charge is 0.335 e. The van der Waals surface area contributed by atoms with Gasteiger partial charge in [0.15, 0.2) is 9.84 Å². The first-order chi connectivity index (χ1) is 8.84. The largest absolute Gasteiger partial charge is 0.478 e. The molecular weight excluding hydrogens is 271 g/mol. The summed E-state index contributed by atoms with van der Waals surface area (Å²) in [5.74, 6) is -2.13. The molecule has 0 radical (unpaired) electrons. The molecule has 104 valence electrons. The van der Waals surface area contributed by atoms with E-state index in [1.807, 2.05) is 0 Å². The number of sulfone groups is 1. The number of halogens is 1. The summed E-state index contributed by atoms with van der Waals surface area (Å²) in [5, 5.41) is 8.38. The SMILES string of the molecule is Cc1c(F)cc(C(=O)O)cc1S(=O)(=O)C1CCCC1. The van der Waals surface area contributed by atoms with Gasteiger partial charge < -0.3 is 5.11 Å². The fourth-order valence-electron chi connectivity index (χ4n) is 2.45.